The molecule has 0 aliphatic rings. The van der Waals surface area contributed by atoms with E-state index in [-0.39, 0.29) is 11.7 Å². The molecule has 5 heteroatoms. The lowest BCUT2D eigenvalue weighted by Crippen LogP contribution is -2.25. The maximum absolute atomic E-state index is 11.4. The Morgan fingerprint density at radius 1 is 1.53 bits per heavy atom. The first-order valence-electron chi connectivity index (χ1n) is 5.33. The minimum atomic E-state index is -0.183. The van der Waals surface area contributed by atoms with Crippen LogP contribution in [0.2, 0.25) is 0 Å². The van der Waals surface area contributed by atoms with E-state index in [9.17, 15) is 4.79 Å². The predicted molar refractivity (Wildman–Crippen MR) is 57.4 cm³/mol. The van der Waals surface area contributed by atoms with Gasteiger partial charge in [0.05, 0.1) is 0 Å². The number of nitrogens with one attached hydrogen (secondary N) is 2. The smallest absolute Gasteiger partial charge is 0.288 e. The molecule has 0 aromatic carbocycles. The first kappa shape index (κ1) is 11.7. The second-order valence-corrected chi connectivity index (χ2v) is 3.98. The summed E-state index contributed by atoms with van der Waals surface area (Å²) in [7, 11) is 0. The van der Waals surface area contributed by atoms with Crippen molar-refractivity contribution in [2.75, 3.05) is 6.54 Å². The monoisotopic (exact) mass is 210 g/mol. The topological polar surface area (TPSA) is 70.7 Å². The highest BCUT2D eigenvalue weighted by Gasteiger charge is 2.06. The van der Waals surface area contributed by atoms with Crippen molar-refractivity contribution in [1.29, 1.82) is 0 Å². The third kappa shape index (κ3) is 4.58. The number of amides is 1. The van der Waals surface area contributed by atoms with Crippen LogP contribution in [-0.2, 0) is 0 Å². The fraction of sp³-hybridized carbons (Fsp3) is 0.700. The predicted octanol–water partition coefficient (Wildman–Crippen LogP) is 1.36. The van der Waals surface area contributed by atoms with Crippen LogP contribution in [0.15, 0.2) is 6.33 Å². The highest BCUT2D eigenvalue weighted by Crippen LogP contribution is 2.05. The van der Waals surface area contributed by atoms with Gasteiger partial charge in [-0.3, -0.25) is 9.89 Å². The van der Waals surface area contributed by atoms with Crippen LogP contribution in [0.5, 0.6) is 0 Å². The second kappa shape index (κ2) is 6.16. The van der Waals surface area contributed by atoms with Crippen LogP contribution in [-0.4, -0.2) is 27.6 Å². The van der Waals surface area contributed by atoms with E-state index >= 15 is 0 Å². The maximum atomic E-state index is 11.4. The SMILES string of the molecule is CC(C)CCCCNC(=O)c1ncn[nH]1. The van der Waals surface area contributed by atoms with Gasteiger partial charge in [-0.05, 0) is 12.3 Å². The third-order valence-electron chi connectivity index (χ3n) is 2.12. The van der Waals surface area contributed by atoms with Gasteiger partial charge >= 0.3 is 0 Å². The second-order valence-electron chi connectivity index (χ2n) is 3.98. The summed E-state index contributed by atoms with van der Waals surface area (Å²) in [5, 5.41) is 8.92. The van der Waals surface area contributed by atoms with Crippen molar-refractivity contribution in [2.24, 2.45) is 5.92 Å². The van der Waals surface area contributed by atoms with Crippen molar-refractivity contribution < 1.29 is 4.79 Å². The molecule has 0 fully saturated rings. The number of aromatic nitrogens is 3. The minimum absolute atomic E-state index is 0.183. The molecule has 1 rings (SSSR count). The molecule has 1 aromatic heterocycles. The van der Waals surface area contributed by atoms with Crippen LogP contribution in [0.3, 0.4) is 0 Å². The standard InChI is InChI=1S/C10H18N4O/c1-8(2)5-3-4-6-11-10(15)9-12-7-13-14-9/h7-8H,3-6H2,1-2H3,(H,11,15)(H,12,13,14). The van der Waals surface area contributed by atoms with Crippen molar-refractivity contribution in [3.63, 3.8) is 0 Å². The Morgan fingerprint density at radius 2 is 2.33 bits per heavy atom. The highest BCUT2D eigenvalue weighted by molar-refractivity contribution is 5.90. The number of carbonyl (C=O) groups excluding carboxylic acids is 1. The van der Waals surface area contributed by atoms with Gasteiger partial charge in [0.25, 0.3) is 5.91 Å². The summed E-state index contributed by atoms with van der Waals surface area (Å²) in [6, 6.07) is 0. The summed E-state index contributed by atoms with van der Waals surface area (Å²) in [4.78, 5) is 15.1. The largest absolute Gasteiger partial charge is 0.349 e. The number of unbranched alkanes of at least 4 members (excludes halogenated alkanes) is 1. The number of nitrogens with zero attached hydrogens (tertiary/aromatic N) is 2. The first-order chi connectivity index (χ1) is 7.20. The third-order valence-corrected chi connectivity index (χ3v) is 2.12. The van der Waals surface area contributed by atoms with Crippen molar-refractivity contribution in [3.8, 4) is 0 Å². The van der Waals surface area contributed by atoms with Crippen LogP contribution >= 0.6 is 0 Å². The van der Waals surface area contributed by atoms with Crippen molar-refractivity contribution in [3.05, 3.63) is 12.2 Å². The van der Waals surface area contributed by atoms with Crippen LogP contribution in [0.4, 0.5) is 0 Å². The van der Waals surface area contributed by atoms with E-state index in [4.69, 9.17) is 0 Å². The molecule has 0 spiro atoms. The van der Waals surface area contributed by atoms with Crippen LogP contribution in [0.25, 0.3) is 0 Å². The highest BCUT2D eigenvalue weighted by atomic mass is 16.2. The Morgan fingerprint density at radius 3 is 2.93 bits per heavy atom. The van der Waals surface area contributed by atoms with Crippen molar-refractivity contribution in [1.82, 2.24) is 20.5 Å². The fourth-order valence-electron chi connectivity index (χ4n) is 1.28. The van der Waals surface area contributed by atoms with Crippen molar-refractivity contribution >= 4 is 5.91 Å². The normalized spacial score (nSPS) is 10.6. The van der Waals surface area contributed by atoms with E-state index in [0.717, 1.165) is 18.8 Å². The van der Waals surface area contributed by atoms with Gasteiger partial charge in [-0.15, -0.1) is 0 Å². The van der Waals surface area contributed by atoms with Gasteiger partial charge in [-0.1, -0.05) is 26.7 Å². The van der Waals surface area contributed by atoms with Crippen LogP contribution in [0, 0.1) is 5.92 Å². The molecule has 0 aliphatic carbocycles. The first-order valence-corrected chi connectivity index (χ1v) is 5.33. The molecule has 0 saturated heterocycles. The Kier molecular flexibility index (Phi) is 4.80. The molecule has 0 unspecified atom stereocenters. The summed E-state index contributed by atoms with van der Waals surface area (Å²) < 4.78 is 0. The van der Waals surface area contributed by atoms with Gasteiger partial charge in [-0.2, -0.15) is 5.10 Å². The molecule has 84 valence electrons. The number of rotatable bonds is 6. The van der Waals surface area contributed by atoms with E-state index in [1.165, 1.54) is 12.7 Å². The minimum Gasteiger partial charge on any atom is -0.349 e. The Balaban J connectivity index is 2.08. The number of aromatic amines is 1. The Bertz CT molecular complexity index is 282. The van der Waals surface area contributed by atoms with Crippen molar-refractivity contribution in [2.45, 2.75) is 33.1 Å². The molecule has 0 bridgehead atoms. The molecular weight excluding hydrogens is 192 g/mol. The number of H-pyrrole nitrogens is 1. The number of hydrogen-bond donors (Lipinski definition) is 2. The lowest BCUT2D eigenvalue weighted by molar-refractivity contribution is 0.0943. The summed E-state index contributed by atoms with van der Waals surface area (Å²) >= 11 is 0. The average molecular weight is 210 g/mol. The molecule has 2 N–H and O–H groups in total. The summed E-state index contributed by atoms with van der Waals surface area (Å²) in [6.45, 7) is 5.10. The zero-order valence-corrected chi connectivity index (χ0v) is 9.29. The molecule has 0 radical (unpaired) electrons. The van der Waals surface area contributed by atoms with Gasteiger partial charge in [0, 0.05) is 6.54 Å². The molecule has 1 amide bonds. The molecule has 0 aliphatic heterocycles. The Hall–Kier alpha value is -1.39. The van der Waals surface area contributed by atoms with E-state index in [0.29, 0.717) is 6.54 Å². The van der Waals surface area contributed by atoms with Crippen LogP contribution < -0.4 is 5.32 Å². The molecule has 0 atom stereocenters. The van der Waals surface area contributed by atoms with Crippen LogP contribution in [0.1, 0.15) is 43.7 Å². The number of carbonyl (C=O) groups is 1. The molecule has 5 nitrogen and oxygen atoms in total. The van der Waals surface area contributed by atoms with E-state index < -0.39 is 0 Å². The lowest BCUT2D eigenvalue weighted by atomic mass is 10.1. The molecule has 1 heterocycles. The molecular formula is C10H18N4O. The summed E-state index contributed by atoms with van der Waals surface area (Å²) in [6.07, 6.45) is 4.69. The van der Waals surface area contributed by atoms with E-state index in [2.05, 4.69) is 34.3 Å². The zero-order valence-electron chi connectivity index (χ0n) is 9.29. The summed E-state index contributed by atoms with van der Waals surface area (Å²) in [5.41, 5.74) is 0. The molecule has 1 aromatic rings. The maximum Gasteiger partial charge on any atom is 0.288 e. The van der Waals surface area contributed by atoms with E-state index in [1.54, 1.807) is 0 Å². The number of hydrogen-bond acceptors (Lipinski definition) is 3. The Labute approximate surface area is 89.7 Å². The van der Waals surface area contributed by atoms with Gasteiger partial charge in [0.15, 0.2) is 0 Å². The quantitative estimate of drug-likeness (QED) is 0.696. The fourth-order valence-corrected chi connectivity index (χ4v) is 1.28. The molecule has 0 saturated carbocycles. The van der Waals surface area contributed by atoms with Gasteiger partial charge in [0.1, 0.15) is 6.33 Å². The van der Waals surface area contributed by atoms with Gasteiger partial charge in [-0.25, -0.2) is 4.98 Å². The summed E-state index contributed by atoms with van der Waals surface area (Å²) in [5.74, 6) is 0.825. The zero-order chi connectivity index (χ0) is 11.1. The van der Waals surface area contributed by atoms with E-state index in [1.807, 2.05) is 0 Å². The molecule has 15 heavy (non-hydrogen) atoms. The lowest BCUT2D eigenvalue weighted by Gasteiger charge is -2.04. The van der Waals surface area contributed by atoms with Gasteiger partial charge in [0.2, 0.25) is 5.82 Å². The average Bonchev–Trinajstić information content (AvgIpc) is 2.69. The van der Waals surface area contributed by atoms with Gasteiger partial charge < -0.3 is 5.32 Å².